The van der Waals surface area contributed by atoms with Gasteiger partial charge in [-0.05, 0) is 13.8 Å². The number of hydrogen-bond acceptors (Lipinski definition) is 17. The summed E-state index contributed by atoms with van der Waals surface area (Å²) in [5.41, 5.74) is 0. The molecular weight excluding hydrogens is 546 g/mol. The second-order valence-electron chi connectivity index (χ2n) is 10.6. The van der Waals surface area contributed by atoms with Gasteiger partial charge in [-0.15, -0.1) is 0 Å². The lowest BCUT2D eigenvalue weighted by atomic mass is 9.96. The molecule has 4 rings (SSSR count). The number of β-amino-alcohol motifs (C(OH)–C–C–N with tert-alkyl or cyclic N) is 1. The van der Waals surface area contributed by atoms with Gasteiger partial charge in [0.05, 0.1) is 37.6 Å². The van der Waals surface area contributed by atoms with Crippen LogP contribution in [-0.2, 0) is 28.4 Å². The quantitative estimate of drug-likeness (QED) is 0.126. The fourth-order valence-corrected chi connectivity index (χ4v) is 5.36. The van der Waals surface area contributed by atoms with Gasteiger partial charge in [-0.1, -0.05) is 0 Å². The minimum absolute atomic E-state index is 0.117. The molecule has 0 aromatic carbocycles. The molecule has 234 valence electrons. The largest absolute Gasteiger partial charge is 0.395 e. The van der Waals surface area contributed by atoms with Gasteiger partial charge in [0, 0.05) is 6.54 Å². The van der Waals surface area contributed by atoms with E-state index in [4.69, 9.17) is 28.4 Å². The maximum absolute atomic E-state index is 10.8. The molecule has 4 aliphatic rings. The SMILES string of the molecule is C[C@H]1O[C@@H](O[C@H]2[C@H](O)[C@@H](O)[C@@H](O[C@H]3[C@H](O)[C@@H](O)[C@@H](O[C@H]4[C@H](O)CN[C@@H]4CO)O[C@@H]3CO)O[C@@H]2C)[C@H](O)[C@@H](O)[C@@H]1O. The zero-order chi connectivity index (χ0) is 29.5. The Kier molecular flexibility index (Phi) is 10.7. The summed E-state index contributed by atoms with van der Waals surface area (Å²) in [6, 6.07) is -0.662. The molecule has 18 atom stereocenters. The molecule has 4 fully saturated rings. The van der Waals surface area contributed by atoms with Crippen LogP contribution in [0.5, 0.6) is 0 Å². The van der Waals surface area contributed by atoms with Crippen molar-refractivity contribution < 1.29 is 79.5 Å². The molecule has 40 heavy (non-hydrogen) atoms. The fourth-order valence-electron chi connectivity index (χ4n) is 5.36. The van der Waals surface area contributed by atoms with E-state index in [1.165, 1.54) is 13.8 Å². The van der Waals surface area contributed by atoms with Crippen molar-refractivity contribution in [1.29, 1.82) is 0 Å². The highest BCUT2D eigenvalue weighted by molar-refractivity contribution is 4.97. The zero-order valence-electron chi connectivity index (χ0n) is 21.9. The van der Waals surface area contributed by atoms with Crippen LogP contribution in [0.2, 0.25) is 0 Å². The third-order valence-electron chi connectivity index (χ3n) is 7.84. The van der Waals surface area contributed by atoms with Crippen LogP contribution >= 0.6 is 0 Å². The summed E-state index contributed by atoms with van der Waals surface area (Å²) < 4.78 is 33.5. The standard InChI is InChI=1S/C23H41NO16/c1-6-11(28)12(29)15(32)21(35-6)38-18-7(2)36-22(16(33)13(18)30)40-20-10(5-26)37-23(17(34)14(20)31)39-19-8(4-25)24-3-9(19)27/h6-34H,3-5H2,1-2H3/t6-,7-,8-,9-,10-,11-,12+,13-,14-,15-,16-,17-,18-,19-,20-,21+,22-,23-/m1/s1. The first-order chi connectivity index (χ1) is 18.9. The van der Waals surface area contributed by atoms with Gasteiger partial charge < -0.3 is 84.8 Å². The van der Waals surface area contributed by atoms with Gasteiger partial charge in [-0.3, -0.25) is 0 Å². The van der Waals surface area contributed by atoms with Crippen LogP contribution in [-0.4, -0.2) is 181 Å². The van der Waals surface area contributed by atoms with Crippen molar-refractivity contribution in [1.82, 2.24) is 5.32 Å². The average molecular weight is 588 g/mol. The lowest BCUT2D eigenvalue weighted by Gasteiger charge is -2.48. The highest BCUT2D eigenvalue weighted by atomic mass is 16.8. The summed E-state index contributed by atoms with van der Waals surface area (Å²) in [4.78, 5) is 0. The maximum atomic E-state index is 10.8. The minimum atomic E-state index is -1.79. The molecule has 0 saturated carbocycles. The molecule has 4 heterocycles. The molecule has 0 amide bonds. The summed E-state index contributed by atoms with van der Waals surface area (Å²) in [5.74, 6) is 0. The molecule has 0 radical (unpaired) electrons. The predicted octanol–water partition coefficient (Wildman–Crippen LogP) is -6.80. The number of aliphatic hydroxyl groups is 10. The van der Waals surface area contributed by atoms with E-state index in [0.29, 0.717) is 0 Å². The first-order valence-corrected chi connectivity index (χ1v) is 13.2. The molecule has 0 unspecified atom stereocenters. The van der Waals surface area contributed by atoms with Gasteiger partial charge in [0.1, 0.15) is 67.1 Å². The highest BCUT2D eigenvalue weighted by Gasteiger charge is 2.53. The Morgan fingerprint density at radius 3 is 1.68 bits per heavy atom. The number of ether oxygens (including phenoxy) is 6. The molecule has 17 heteroatoms. The van der Waals surface area contributed by atoms with Crippen LogP contribution in [0.4, 0.5) is 0 Å². The first kappa shape index (κ1) is 32.2. The third-order valence-corrected chi connectivity index (χ3v) is 7.84. The average Bonchev–Trinajstić information content (AvgIpc) is 3.29. The third kappa shape index (κ3) is 6.31. The molecule has 4 aliphatic heterocycles. The Morgan fingerprint density at radius 2 is 1.07 bits per heavy atom. The Balaban J connectivity index is 1.39. The topological polar surface area (TPSA) is 270 Å². The van der Waals surface area contributed by atoms with E-state index >= 15 is 0 Å². The molecule has 0 aliphatic carbocycles. The van der Waals surface area contributed by atoms with Crippen LogP contribution in [0, 0.1) is 0 Å². The summed E-state index contributed by atoms with van der Waals surface area (Å²) in [6.45, 7) is 1.92. The van der Waals surface area contributed by atoms with Crippen LogP contribution < -0.4 is 5.32 Å². The molecule has 0 bridgehead atoms. The van der Waals surface area contributed by atoms with Crippen LogP contribution in [0.1, 0.15) is 13.8 Å². The molecule has 0 spiro atoms. The predicted molar refractivity (Wildman–Crippen MR) is 126 cm³/mol. The van der Waals surface area contributed by atoms with Crippen molar-refractivity contribution in [3.63, 3.8) is 0 Å². The monoisotopic (exact) mass is 587 g/mol. The first-order valence-electron chi connectivity index (χ1n) is 13.2. The van der Waals surface area contributed by atoms with E-state index in [1.807, 2.05) is 0 Å². The van der Waals surface area contributed by atoms with Gasteiger partial charge in [-0.2, -0.15) is 0 Å². The number of nitrogens with one attached hydrogen (secondary N) is 1. The Hall–Kier alpha value is -0.680. The van der Waals surface area contributed by atoms with Crippen molar-refractivity contribution in [2.75, 3.05) is 19.8 Å². The van der Waals surface area contributed by atoms with Gasteiger partial charge >= 0.3 is 0 Å². The molecule has 0 aromatic heterocycles. The number of hydrogen-bond donors (Lipinski definition) is 11. The lowest BCUT2D eigenvalue weighted by molar-refractivity contribution is -0.377. The van der Waals surface area contributed by atoms with E-state index in [1.54, 1.807) is 0 Å². The van der Waals surface area contributed by atoms with Gasteiger partial charge in [0.15, 0.2) is 18.9 Å². The summed E-state index contributed by atoms with van der Waals surface area (Å²) >= 11 is 0. The summed E-state index contributed by atoms with van der Waals surface area (Å²) in [6.07, 6.45) is -24.2. The maximum Gasteiger partial charge on any atom is 0.187 e. The van der Waals surface area contributed by atoms with Gasteiger partial charge in [0.25, 0.3) is 0 Å². The number of aliphatic hydroxyl groups excluding tert-OH is 10. The highest BCUT2D eigenvalue weighted by Crippen LogP contribution is 2.33. The van der Waals surface area contributed by atoms with E-state index in [9.17, 15) is 51.1 Å². The Bertz CT molecular complexity index is 811. The van der Waals surface area contributed by atoms with Crippen molar-refractivity contribution in [3.05, 3.63) is 0 Å². The molecule has 0 aromatic rings. The number of rotatable bonds is 8. The fraction of sp³-hybridized carbons (Fsp3) is 1.00. The van der Waals surface area contributed by atoms with Crippen molar-refractivity contribution in [2.45, 2.75) is 124 Å². The summed E-state index contributed by atoms with van der Waals surface area (Å²) in [7, 11) is 0. The molecule has 11 N–H and O–H groups in total. The minimum Gasteiger partial charge on any atom is -0.395 e. The van der Waals surface area contributed by atoms with E-state index < -0.39 is 117 Å². The summed E-state index contributed by atoms with van der Waals surface area (Å²) in [5, 5.41) is 105. The van der Waals surface area contributed by atoms with Crippen LogP contribution in [0.25, 0.3) is 0 Å². The van der Waals surface area contributed by atoms with E-state index in [-0.39, 0.29) is 13.2 Å². The Morgan fingerprint density at radius 1 is 0.575 bits per heavy atom. The molecular formula is C23H41NO16. The second kappa shape index (κ2) is 13.3. The lowest BCUT2D eigenvalue weighted by Crippen LogP contribution is -2.66. The molecule has 17 nitrogen and oxygen atoms in total. The van der Waals surface area contributed by atoms with Gasteiger partial charge in [0.2, 0.25) is 0 Å². The van der Waals surface area contributed by atoms with Crippen molar-refractivity contribution in [3.8, 4) is 0 Å². The zero-order valence-corrected chi connectivity index (χ0v) is 21.9. The normalized spacial score (nSPS) is 54.0. The van der Waals surface area contributed by atoms with Gasteiger partial charge in [-0.25, -0.2) is 0 Å². The molecule has 4 saturated heterocycles. The second-order valence-corrected chi connectivity index (χ2v) is 10.6. The van der Waals surface area contributed by atoms with E-state index in [2.05, 4.69) is 5.32 Å². The van der Waals surface area contributed by atoms with Crippen LogP contribution in [0.3, 0.4) is 0 Å². The van der Waals surface area contributed by atoms with E-state index in [0.717, 1.165) is 0 Å². The Labute approximate surface area is 229 Å². The smallest absolute Gasteiger partial charge is 0.187 e. The van der Waals surface area contributed by atoms with Crippen LogP contribution in [0.15, 0.2) is 0 Å². The van der Waals surface area contributed by atoms with Crippen molar-refractivity contribution >= 4 is 0 Å². The van der Waals surface area contributed by atoms with Crippen molar-refractivity contribution in [2.24, 2.45) is 0 Å².